The maximum atomic E-state index is 9.17. The first kappa shape index (κ1) is 7.38. The van der Waals surface area contributed by atoms with Crippen LogP contribution in [0.15, 0.2) is 0 Å². The molecule has 0 amide bonds. The Kier molecular flexibility index (Phi) is 2.82. The molecule has 9 heavy (non-hydrogen) atoms. The van der Waals surface area contributed by atoms with E-state index >= 15 is 0 Å². The van der Waals surface area contributed by atoms with Gasteiger partial charge in [-0.3, -0.25) is 0 Å². The number of hydrogen-bond donors (Lipinski definition) is 1. The number of aliphatic hydroxyl groups is 1. The van der Waals surface area contributed by atoms with Crippen LogP contribution in [-0.4, -0.2) is 35.4 Å². The van der Waals surface area contributed by atoms with Gasteiger partial charge >= 0.3 is 0 Å². The van der Waals surface area contributed by atoms with Crippen LogP contribution in [0.2, 0.25) is 0 Å². The molecule has 0 aromatic heterocycles. The summed E-state index contributed by atoms with van der Waals surface area (Å²) in [6.07, 6.45) is -0.227. The van der Waals surface area contributed by atoms with Gasteiger partial charge in [0.1, 0.15) is 0 Å². The van der Waals surface area contributed by atoms with E-state index < -0.39 is 0 Å². The molecule has 1 fully saturated rings. The standard InChI is InChI=1S/C6H12O2S/c1-2-9-6-4-8-3-5(6)7/h5-7H,2-4H2,1H3. The van der Waals surface area contributed by atoms with Crippen molar-refractivity contribution in [3.63, 3.8) is 0 Å². The molecule has 3 heteroatoms. The van der Waals surface area contributed by atoms with E-state index in [1.807, 2.05) is 0 Å². The third kappa shape index (κ3) is 1.85. The zero-order valence-corrected chi connectivity index (χ0v) is 6.36. The Morgan fingerprint density at radius 2 is 2.44 bits per heavy atom. The third-order valence-electron chi connectivity index (χ3n) is 1.38. The van der Waals surface area contributed by atoms with Crippen molar-refractivity contribution < 1.29 is 9.84 Å². The second-order valence-corrected chi connectivity index (χ2v) is 3.61. The normalized spacial score (nSPS) is 35.3. The molecule has 0 aromatic carbocycles. The van der Waals surface area contributed by atoms with Gasteiger partial charge in [0.05, 0.1) is 24.6 Å². The van der Waals surface area contributed by atoms with Gasteiger partial charge in [-0.15, -0.1) is 0 Å². The van der Waals surface area contributed by atoms with Gasteiger partial charge in [0.2, 0.25) is 0 Å². The van der Waals surface area contributed by atoms with Gasteiger partial charge < -0.3 is 9.84 Å². The molecule has 1 aliphatic heterocycles. The van der Waals surface area contributed by atoms with Crippen LogP contribution in [-0.2, 0) is 4.74 Å². The second-order valence-electron chi connectivity index (χ2n) is 2.10. The molecule has 0 spiro atoms. The molecule has 0 aromatic rings. The number of ether oxygens (including phenoxy) is 1. The van der Waals surface area contributed by atoms with Gasteiger partial charge in [0.25, 0.3) is 0 Å². The second kappa shape index (κ2) is 3.44. The molecule has 54 valence electrons. The van der Waals surface area contributed by atoms with E-state index in [-0.39, 0.29) is 6.10 Å². The zero-order valence-electron chi connectivity index (χ0n) is 5.54. The van der Waals surface area contributed by atoms with Gasteiger partial charge in [0.15, 0.2) is 0 Å². The van der Waals surface area contributed by atoms with Crippen LogP contribution < -0.4 is 0 Å². The Balaban J connectivity index is 2.22. The summed E-state index contributed by atoms with van der Waals surface area (Å²) in [7, 11) is 0. The van der Waals surface area contributed by atoms with E-state index in [1.54, 1.807) is 11.8 Å². The van der Waals surface area contributed by atoms with E-state index in [9.17, 15) is 5.11 Å². The average molecular weight is 148 g/mol. The summed E-state index contributed by atoms with van der Waals surface area (Å²) in [5.41, 5.74) is 0. The van der Waals surface area contributed by atoms with Crippen LogP contribution in [0.3, 0.4) is 0 Å². The average Bonchev–Trinajstić information content (AvgIpc) is 2.18. The van der Waals surface area contributed by atoms with E-state index in [0.717, 1.165) is 12.4 Å². The smallest absolute Gasteiger partial charge is 0.0914 e. The Hall–Kier alpha value is 0.270. The molecule has 1 rings (SSSR count). The topological polar surface area (TPSA) is 29.5 Å². The lowest BCUT2D eigenvalue weighted by Gasteiger charge is -2.08. The summed E-state index contributed by atoms with van der Waals surface area (Å²) >= 11 is 1.77. The predicted octanol–water partition coefficient (Wildman–Crippen LogP) is 0.499. The minimum Gasteiger partial charge on any atom is -0.389 e. The van der Waals surface area contributed by atoms with E-state index in [2.05, 4.69) is 6.92 Å². The molecule has 0 saturated carbocycles. The van der Waals surface area contributed by atoms with Crippen molar-refractivity contribution in [2.24, 2.45) is 0 Å². The fourth-order valence-corrected chi connectivity index (χ4v) is 1.82. The van der Waals surface area contributed by atoms with Crippen LogP contribution >= 0.6 is 11.8 Å². The summed E-state index contributed by atoms with van der Waals surface area (Å²) < 4.78 is 5.05. The molecule has 2 nitrogen and oxygen atoms in total. The third-order valence-corrected chi connectivity index (χ3v) is 2.59. The fraction of sp³-hybridized carbons (Fsp3) is 1.00. The highest BCUT2D eigenvalue weighted by molar-refractivity contribution is 7.99. The van der Waals surface area contributed by atoms with Gasteiger partial charge in [-0.2, -0.15) is 11.8 Å². The van der Waals surface area contributed by atoms with Gasteiger partial charge in [0, 0.05) is 0 Å². The lowest BCUT2D eigenvalue weighted by Crippen LogP contribution is -2.20. The first-order valence-corrected chi connectivity index (χ1v) is 4.27. The van der Waals surface area contributed by atoms with Crippen molar-refractivity contribution in [1.29, 1.82) is 0 Å². The Labute approximate surface area is 59.6 Å². The first-order chi connectivity index (χ1) is 4.34. The maximum Gasteiger partial charge on any atom is 0.0914 e. The molecule has 0 bridgehead atoms. The summed E-state index contributed by atoms with van der Waals surface area (Å²) in [6.45, 7) is 3.34. The number of hydrogen-bond acceptors (Lipinski definition) is 3. The zero-order chi connectivity index (χ0) is 6.69. The van der Waals surface area contributed by atoms with Crippen LogP contribution in [0.25, 0.3) is 0 Å². The quantitative estimate of drug-likeness (QED) is 0.618. The minimum atomic E-state index is -0.227. The predicted molar refractivity (Wildman–Crippen MR) is 38.7 cm³/mol. The number of thioether (sulfide) groups is 1. The van der Waals surface area contributed by atoms with Crippen molar-refractivity contribution >= 4 is 11.8 Å². The van der Waals surface area contributed by atoms with Crippen LogP contribution in [0.1, 0.15) is 6.92 Å². The monoisotopic (exact) mass is 148 g/mol. The van der Waals surface area contributed by atoms with Crippen molar-refractivity contribution in [1.82, 2.24) is 0 Å². The van der Waals surface area contributed by atoms with Crippen molar-refractivity contribution in [2.75, 3.05) is 19.0 Å². The van der Waals surface area contributed by atoms with Crippen molar-refractivity contribution in [3.05, 3.63) is 0 Å². The largest absolute Gasteiger partial charge is 0.389 e. The van der Waals surface area contributed by atoms with Crippen molar-refractivity contribution in [2.45, 2.75) is 18.3 Å². The summed E-state index contributed by atoms with van der Waals surface area (Å²) in [5, 5.41) is 9.50. The molecule has 0 aliphatic carbocycles. The lowest BCUT2D eigenvalue weighted by molar-refractivity contribution is 0.127. The number of aliphatic hydroxyl groups excluding tert-OH is 1. The molecular weight excluding hydrogens is 136 g/mol. The maximum absolute atomic E-state index is 9.17. The summed E-state index contributed by atoms with van der Waals surface area (Å²) in [5.74, 6) is 1.06. The molecule has 2 atom stereocenters. The van der Waals surface area contributed by atoms with Gasteiger partial charge in [-0.05, 0) is 5.75 Å². The van der Waals surface area contributed by atoms with Gasteiger partial charge in [-0.1, -0.05) is 6.92 Å². The van der Waals surface area contributed by atoms with Crippen molar-refractivity contribution in [3.8, 4) is 0 Å². The minimum absolute atomic E-state index is 0.227. The van der Waals surface area contributed by atoms with Crippen LogP contribution in [0.5, 0.6) is 0 Å². The number of rotatable bonds is 2. The van der Waals surface area contributed by atoms with Crippen LogP contribution in [0.4, 0.5) is 0 Å². The highest BCUT2D eigenvalue weighted by atomic mass is 32.2. The first-order valence-electron chi connectivity index (χ1n) is 3.22. The van der Waals surface area contributed by atoms with Crippen LogP contribution in [0, 0.1) is 0 Å². The Morgan fingerprint density at radius 1 is 1.67 bits per heavy atom. The van der Waals surface area contributed by atoms with E-state index in [4.69, 9.17) is 4.74 Å². The Morgan fingerprint density at radius 3 is 2.89 bits per heavy atom. The molecular formula is C6H12O2S. The van der Waals surface area contributed by atoms with E-state index in [0.29, 0.717) is 11.9 Å². The Bertz CT molecular complexity index is 87.1. The van der Waals surface area contributed by atoms with Gasteiger partial charge in [-0.25, -0.2) is 0 Å². The van der Waals surface area contributed by atoms with E-state index in [1.165, 1.54) is 0 Å². The fourth-order valence-electron chi connectivity index (χ4n) is 0.897. The SMILES string of the molecule is CCSC1COCC1O. The molecule has 1 heterocycles. The molecule has 1 N–H and O–H groups in total. The summed E-state index contributed by atoms with van der Waals surface area (Å²) in [6, 6.07) is 0. The molecule has 0 radical (unpaired) electrons. The summed E-state index contributed by atoms with van der Waals surface area (Å²) in [4.78, 5) is 0. The molecule has 1 aliphatic rings. The lowest BCUT2D eigenvalue weighted by atomic mass is 10.3. The highest BCUT2D eigenvalue weighted by Gasteiger charge is 2.25. The highest BCUT2D eigenvalue weighted by Crippen LogP contribution is 2.19. The molecule has 1 saturated heterocycles. The molecule has 2 unspecified atom stereocenters.